The minimum atomic E-state index is -1.15. The second-order valence-corrected chi connectivity index (χ2v) is 6.68. The Morgan fingerprint density at radius 2 is 1.43 bits per heavy atom. The summed E-state index contributed by atoms with van der Waals surface area (Å²) in [4.78, 5) is 14.3. The molecule has 142 valence electrons. The summed E-state index contributed by atoms with van der Waals surface area (Å²) < 4.78 is 10.4. The first-order valence-corrected chi connectivity index (χ1v) is 9.01. The first-order chi connectivity index (χ1) is 13.6. The Bertz CT molecular complexity index is 996. The molecule has 5 heteroatoms. The molecule has 1 amide bonds. The zero-order valence-corrected chi connectivity index (χ0v) is 15.8. The summed E-state index contributed by atoms with van der Waals surface area (Å²) in [7, 11) is 3.25. The first kappa shape index (κ1) is 18.1. The number of carbonyl (C=O) groups is 1. The lowest BCUT2D eigenvalue weighted by Gasteiger charge is -2.18. The van der Waals surface area contributed by atoms with E-state index in [-0.39, 0.29) is 5.91 Å². The van der Waals surface area contributed by atoms with Gasteiger partial charge in [-0.2, -0.15) is 0 Å². The Kier molecular flexibility index (Phi) is 4.75. The number of fused-ring (bicyclic) bond motifs is 1. The van der Waals surface area contributed by atoms with Crippen LogP contribution in [0.2, 0.25) is 0 Å². The number of anilines is 1. The van der Waals surface area contributed by atoms with Crippen LogP contribution in [0.25, 0.3) is 11.1 Å². The van der Waals surface area contributed by atoms with E-state index in [9.17, 15) is 9.90 Å². The van der Waals surface area contributed by atoms with Crippen LogP contribution >= 0.6 is 0 Å². The second-order valence-electron chi connectivity index (χ2n) is 6.68. The monoisotopic (exact) mass is 375 g/mol. The zero-order chi connectivity index (χ0) is 19.7. The molecule has 1 aliphatic heterocycles. The summed E-state index contributed by atoms with van der Waals surface area (Å²) >= 11 is 0. The fourth-order valence-corrected chi connectivity index (χ4v) is 3.46. The largest absolute Gasteiger partial charge is 0.497 e. The second kappa shape index (κ2) is 7.37. The van der Waals surface area contributed by atoms with Gasteiger partial charge in [0.15, 0.2) is 6.10 Å². The number of hydrogen-bond acceptors (Lipinski definition) is 4. The molecular formula is C23H21NO4. The molecule has 4 rings (SSSR count). The van der Waals surface area contributed by atoms with Crippen LogP contribution in [-0.2, 0) is 11.3 Å². The third-order valence-corrected chi connectivity index (χ3v) is 5.04. The van der Waals surface area contributed by atoms with Crippen molar-refractivity contribution >= 4 is 11.6 Å². The number of aliphatic hydroxyl groups is 1. The minimum Gasteiger partial charge on any atom is -0.497 e. The van der Waals surface area contributed by atoms with Gasteiger partial charge in [0.05, 0.1) is 26.5 Å². The van der Waals surface area contributed by atoms with Gasteiger partial charge in [-0.25, -0.2) is 0 Å². The van der Waals surface area contributed by atoms with Crippen molar-refractivity contribution in [3.8, 4) is 22.6 Å². The molecule has 0 fully saturated rings. The maximum absolute atomic E-state index is 12.7. The zero-order valence-electron chi connectivity index (χ0n) is 15.8. The van der Waals surface area contributed by atoms with E-state index in [0.717, 1.165) is 33.9 Å². The predicted octanol–water partition coefficient (Wildman–Crippen LogP) is 3.95. The van der Waals surface area contributed by atoms with E-state index in [2.05, 4.69) is 0 Å². The molecule has 0 saturated carbocycles. The molecule has 1 aliphatic rings. The van der Waals surface area contributed by atoms with Crippen molar-refractivity contribution in [1.29, 1.82) is 0 Å². The Hall–Kier alpha value is -3.31. The van der Waals surface area contributed by atoms with Crippen molar-refractivity contribution in [3.05, 3.63) is 77.9 Å². The quantitative estimate of drug-likeness (QED) is 0.734. The van der Waals surface area contributed by atoms with Gasteiger partial charge in [0.1, 0.15) is 11.5 Å². The third kappa shape index (κ3) is 3.21. The molecule has 1 heterocycles. The molecule has 3 aromatic carbocycles. The highest BCUT2D eigenvalue weighted by Gasteiger charge is 2.36. The van der Waals surface area contributed by atoms with Crippen LogP contribution in [0, 0.1) is 0 Å². The van der Waals surface area contributed by atoms with Gasteiger partial charge in [0.25, 0.3) is 5.91 Å². The SMILES string of the molecule is COc1ccc(CN2C(=O)C(O)c3cc(-c4ccc(OC)cc4)ccc32)cc1. The van der Waals surface area contributed by atoms with E-state index in [4.69, 9.17) is 9.47 Å². The van der Waals surface area contributed by atoms with Crippen molar-refractivity contribution in [2.75, 3.05) is 19.1 Å². The van der Waals surface area contributed by atoms with Gasteiger partial charge in [0.2, 0.25) is 0 Å². The molecule has 1 atom stereocenters. The van der Waals surface area contributed by atoms with Crippen LogP contribution in [0.4, 0.5) is 5.69 Å². The summed E-state index contributed by atoms with van der Waals surface area (Å²) in [6, 6.07) is 21.0. The topological polar surface area (TPSA) is 59.0 Å². The molecule has 0 spiro atoms. The normalized spacial score (nSPS) is 15.5. The van der Waals surface area contributed by atoms with Gasteiger partial charge in [-0.05, 0) is 53.1 Å². The van der Waals surface area contributed by atoms with E-state index in [1.807, 2.05) is 66.7 Å². The number of amides is 1. The first-order valence-electron chi connectivity index (χ1n) is 9.01. The van der Waals surface area contributed by atoms with Crippen LogP contribution in [0.1, 0.15) is 17.2 Å². The van der Waals surface area contributed by atoms with Crippen molar-refractivity contribution in [1.82, 2.24) is 0 Å². The summed E-state index contributed by atoms with van der Waals surface area (Å²) in [5.74, 6) is 1.24. The summed E-state index contributed by atoms with van der Waals surface area (Å²) in [6.07, 6.45) is -1.15. The lowest BCUT2D eigenvalue weighted by Crippen LogP contribution is -2.28. The number of hydrogen-bond donors (Lipinski definition) is 1. The molecule has 0 aliphatic carbocycles. The molecule has 0 radical (unpaired) electrons. The number of rotatable bonds is 5. The predicted molar refractivity (Wildman–Crippen MR) is 108 cm³/mol. The van der Waals surface area contributed by atoms with Crippen LogP contribution in [-0.4, -0.2) is 25.2 Å². The number of aliphatic hydroxyl groups excluding tert-OH is 1. The van der Waals surface area contributed by atoms with Gasteiger partial charge in [-0.1, -0.05) is 30.3 Å². The summed E-state index contributed by atoms with van der Waals surface area (Å²) in [5.41, 5.74) is 4.28. The van der Waals surface area contributed by atoms with Crippen LogP contribution in [0.3, 0.4) is 0 Å². The van der Waals surface area contributed by atoms with Gasteiger partial charge in [-0.15, -0.1) is 0 Å². The van der Waals surface area contributed by atoms with E-state index < -0.39 is 6.10 Å². The summed E-state index contributed by atoms with van der Waals surface area (Å²) in [6.45, 7) is 0.398. The van der Waals surface area contributed by atoms with Gasteiger partial charge in [0, 0.05) is 5.56 Å². The Morgan fingerprint density at radius 3 is 2.04 bits per heavy atom. The molecular weight excluding hydrogens is 354 g/mol. The van der Waals surface area contributed by atoms with E-state index in [1.165, 1.54) is 0 Å². The Balaban J connectivity index is 1.63. The molecule has 0 aromatic heterocycles. The number of carbonyl (C=O) groups excluding carboxylic acids is 1. The highest BCUT2D eigenvalue weighted by molar-refractivity contribution is 6.04. The summed E-state index contributed by atoms with van der Waals surface area (Å²) in [5, 5.41) is 10.5. The Morgan fingerprint density at radius 1 is 0.857 bits per heavy atom. The standard InChI is InChI=1S/C23H21NO4/c1-27-18-8-3-15(4-9-18)14-24-21-12-7-17(13-20(21)22(25)23(24)26)16-5-10-19(28-2)11-6-16/h3-13,22,25H,14H2,1-2H3. The average molecular weight is 375 g/mol. The average Bonchev–Trinajstić information content (AvgIpc) is 2.98. The molecule has 28 heavy (non-hydrogen) atoms. The van der Waals surface area contributed by atoms with E-state index >= 15 is 0 Å². The third-order valence-electron chi connectivity index (χ3n) is 5.04. The minimum absolute atomic E-state index is 0.308. The smallest absolute Gasteiger partial charge is 0.260 e. The fourth-order valence-electron chi connectivity index (χ4n) is 3.46. The number of nitrogens with zero attached hydrogens (tertiary/aromatic N) is 1. The van der Waals surface area contributed by atoms with Crippen molar-refractivity contribution in [3.63, 3.8) is 0 Å². The lowest BCUT2D eigenvalue weighted by molar-refractivity contribution is -0.125. The molecule has 0 saturated heterocycles. The van der Waals surface area contributed by atoms with Crippen molar-refractivity contribution in [2.24, 2.45) is 0 Å². The van der Waals surface area contributed by atoms with Crippen LogP contribution in [0.5, 0.6) is 11.5 Å². The molecule has 5 nitrogen and oxygen atoms in total. The highest BCUT2D eigenvalue weighted by atomic mass is 16.5. The number of benzene rings is 3. The number of ether oxygens (including phenoxy) is 2. The van der Waals surface area contributed by atoms with E-state index in [0.29, 0.717) is 12.1 Å². The maximum Gasteiger partial charge on any atom is 0.260 e. The molecule has 3 aromatic rings. The molecule has 1 unspecified atom stereocenters. The fraction of sp³-hybridized carbons (Fsp3) is 0.174. The lowest BCUT2D eigenvalue weighted by atomic mass is 10.0. The number of methoxy groups -OCH3 is 2. The van der Waals surface area contributed by atoms with Crippen LogP contribution in [0.15, 0.2) is 66.7 Å². The molecule has 0 bridgehead atoms. The van der Waals surface area contributed by atoms with Gasteiger partial charge < -0.3 is 19.5 Å². The van der Waals surface area contributed by atoms with Crippen LogP contribution < -0.4 is 14.4 Å². The van der Waals surface area contributed by atoms with E-state index in [1.54, 1.807) is 19.1 Å². The molecule has 1 N–H and O–H groups in total. The van der Waals surface area contributed by atoms with Crippen molar-refractivity contribution in [2.45, 2.75) is 12.6 Å². The maximum atomic E-state index is 12.7. The van der Waals surface area contributed by atoms with Gasteiger partial charge >= 0.3 is 0 Å². The highest BCUT2D eigenvalue weighted by Crippen LogP contribution is 2.39. The van der Waals surface area contributed by atoms with Gasteiger partial charge in [-0.3, -0.25) is 4.79 Å². The Labute approximate surface area is 163 Å². The van der Waals surface area contributed by atoms with Crippen molar-refractivity contribution < 1.29 is 19.4 Å².